The van der Waals surface area contributed by atoms with E-state index in [1.165, 1.54) is 36.0 Å². The Kier molecular flexibility index (Phi) is 6.83. The van der Waals surface area contributed by atoms with Crippen LogP contribution in [0, 0.1) is 24.0 Å². The third-order valence-electron chi connectivity index (χ3n) is 5.90. The number of nitrogens with zero attached hydrogens (tertiary/aromatic N) is 4. The van der Waals surface area contributed by atoms with Gasteiger partial charge >= 0.3 is 0 Å². The van der Waals surface area contributed by atoms with Crippen LogP contribution in [0.2, 0.25) is 0 Å². The summed E-state index contributed by atoms with van der Waals surface area (Å²) in [4.78, 5) is 38.8. The first-order valence-electron chi connectivity index (χ1n) is 11.4. The molecule has 4 aromatic rings. The van der Waals surface area contributed by atoms with Gasteiger partial charge in [0, 0.05) is 17.9 Å². The zero-order chi connectivity index (χ0) is 27.0. The van der Waals surface area contributed by atoms with Crippen molar-refractivity contribution >= 4 is 45.6 Å². The highest BCUT2D eigenvalue weighted by molar-refractivity contribution is 8.00. The van der Waals surface area contributed by atoms with E-state index in [-0.39, 0.29) is 27.7 Å². The van der Waals surface area contributed by atoms with Gasteiger partial charge in [0.1, 0.15) is 5.76 Å². The smallest absolute Gasteiger partial charge is 0.296 e. The third-order valence-corrected chi connectivity index (χ3v) is 8.03. The summed E-state index contributed by atoms with van der Waals surface area (Å²) in [6.45, 7) is 3.67. The number of rotatable bonds is 8. The molecule has 0 aliphatic carbocycles. The number of amides is 1. The predicted octanol–water partition coefficient (Wildman–Crippen LogP) is 5.73. The Labute approximate surface area is 224 Å². The van der Waals surface area contributed by atoms with Crippen LogP contribution in [0.25, 0.3) is 0 Å². The van der Waals surface area contributed by atoms with Crippen LogP contribution in [0.1, 0.15) is 39.0 Å². The average molecular weight is 549 g/mol. The second kappa shape index (κ2) is 10.2. The maximum absolute atomic E-state index is 13.4. The minimum atomic E-state index is -1.18. The first-order valence-corrected chi connectivity index (χ1v) is 13.2. The quantitative estimate of drug-likeness (QED) is 0.0961. The van der Waals surface area contributed by atoms with Gasteiger partial charge in [0.25, 0.3) is 11.6 Å². The largest absolute Gasteiger partial charge is 0.503 e. The lowest BCUT2D eigenvalue weighted by molar-refractivity contribution is -0.384. The van der Waals surface area contributed by atoms with Crippen LogP contribution in [0.5, 0.6) is 0 Å². The summed E-state index contributed by atoms with van der Waals surface area (Å²) >= 11 is 2.55. The number of carbonyl (C=O) groups excluding carboxylic acids is 2. The highest BCUT2D eigenvalue weighted by Crippen LogP contribution is 2.44. The van der Waals surface area contributed by atoms with Gasteiger partial charge in [0.15, 0.2) is 15.9 Å². The zero-order valence-electron chi connectivity index (χ0n) is 20.2. The summed E-state index contributed by atoms with van der Waals surface area (Å²) in [5.74, 6) is -1.31. The molecule has 3 heterocycles. The Balaban J connectivity index is 1.52. The maximum atomic E-state index is 13.4. The van der Waals surface area contributed by atoms with E-state index in [1.54, 1.807) is 19.1 Å². The molecule has 192 valence electrons. The number of hydrogen-bond donors (Lipinski definition) is 1. The fourth-order valence-corrected chi connectivity index (χ4v) is 5.86. The monoisotopic (exact) mass is 548 g/mol. The van der Waals surface area contributed by atoms with Crippen LogP contribution in [0.4, 0.5) is 10.8 Å². The van der Waals surface area contributed by atoms with Gasteiger partial charge in [-0.05, 0) is 37.1 Å². The molecule has 0 saturated heterocycles. The van der Waals surface area contributed by atoms with E-state index < -0.39 is 28.4 Å². The normalized spacial score (nSPS) is 15.4. The first kappa shape index (κ1) is 25.4. The summed E-state index contributed by atoms with van der Waals surface area (Å²) in [6.07, 6.45) is 0. The first-order chi connectivity index (χ1) is 18.2. The maximum Gasteiger partial charge on any atom is 0.296 e. The van der Waals surface area contributed by atoms with Gasteiger partial charge < -0.3 is 9.52 Å². The number of anilines is 1. The molecule has 0 fully saturated rings. The van der Waals surface area contributed by atoms with Gasteiger partial charge in [0.2, 0.25) is 10.9 Å². The number of nitro groups is 1. The molecule has 2 aromatic heterocycles. The molecule has 0 spiro atoms. The van der Waals surface area contributed by atoms with E-state index in [2.05, 4.69) is 10.2 Å². The highest BCUT2D eigenvalue weighted by Gasteiger charge is 2.47. The molecule has 0 bridgehead atoms. The van der Waals surface area contributed by atoms with Gasteiger partial charge in [-0.3, -0.25) is 24.6 Å². The van der Waals surface area contributed by atoms with Crippen molar-refractivity contribution < 1.29 is 24.0 Å². The van der Waals surface area contributed by atoms with Crippen LogP contribution < -0.4 is 4.90 Å². The van der Waals surface area contributed by atoms with Gasteiger partial charge in [-0.2, -0.15) is 0 Å². The second-order valence-electron chi connectivity index (χ2n) is 8.56. The van der Waals surface area contributed by atoms with E-state index in [9.17, 15) is 24.8 Å². The number of Topliss-reactive ketones (excluding diaryl/α,β-unsaturated/α-hetero) is 1. The molecular formula is C26H20N4O6S2. The fraction of sp³-hybridized carbons (Fsp3) is 0.154. The predicted molar refractivity (Wildman–Crippen MR) is 141 cm³/mol. The van der Waals surface area contributed by atoms with Crippen molar-refractivity contribution in [2.75, 3.05) is 4.90 Å². The summed E-state index contributed by atoms with van der Waals surface area (Å²) in [5, 5.41) is 30.8. The van der Waals surface area contributed by atoms with Gasteiger partial charge in [0.05, 0.1) is 16.5 Å². The molecule has 0 saturated carbocycles. The Hall–Kier alpha value is -4.29. The summed E-state index contributed by atoms with van der Waals surface area (Å²) in [6, 6.07) is 15.5. The third kappa shape index (κ3) is 4.83. The van der Waals surface area contributed by atoms with Gasteiger partial charge in [-0.15, -0.1) is 10.2 Å². The van der Waals surface area contributed by atoms with E-state index in [0.717, 1.165) is 27.4 Å². The molecule has 1 amide bonds. The number of non-ortho nitro benzene ring substituents is 1. The minimum absolute atomic E-state index is 0.0688. The second-order valence-corrected chi connectivity index (χ2v) is 10.7. The number of hydrogen-bond acceptors (Lipinski definition) is 10. The van der Waals surface area contributed by atoms with Crippen molar-refractivity contribution in [3.63, 3.8) is 0 Å². The highest BCUT2D eigenvalue weighted by atomic mass is 32.2. The topological polar surface area (TPSA) is 140 Å². The van der Waals surface area contributed by atoms with E-state index in [4.69, 9.17) is 4.42 Å². The lowest BCUT2D eigenvalue weighted by Crippen LogP contribution is -2.31. The number of thioether (sulfide) groups is 1. The van der Waals surface area contributed by atoms with Crippen molar-refractivity contribution in [2.24, 2.45) is 0 Å². The van der Waals surface area contributed by atoms with Crippen LogP contribution in [0.3, 0.4) is 0 Å². The number of aliphatic hydroxyl groups excluding tert-OH is 1. The zero-order valence-corrected chi connectivity index (χ0v) is 21.8. The number of carbonyl (C=O) groups is 2. The number of aliphatic hydroxyl groups is 1. The number of furan rings is 1. The van der Waals surface area contributed by atoms with Crippen molar-refractivity contribution in [3.8, 4) is 0 Å². The Morgan fingerprint density at radius 2 is 1.92 bits per heavy atom. The molecule has 1 aliphatic heterocycles. The molecule has 1 aliphatic rings. The Bertz CT molecular complexity index is 1590. The molecular weight excluding hydrogens is 528 g/mol. The molecule has 12 heteroatoms. The minimum Gasteiger partial charge on any atom is -0.503 e. The number of ketones is 1. The van der Waals surface area contributed by atoms with Crippen LogP contribution in [0.15, 0.2) is 80.8 Å². The van der Waals surface area contributed by atoms with Gasteiger partial charge in [-0.1, -0.05) is 65.1 Å². The van der Waals surface area contributed by atoms with Crippen molar-refractivity contribution in [3.05, 3.63) is 110 Å². The molecule has 1 atom stereocenters. The van der Waals surface area contributed by atoms with Crippen LogP contribution in [-0.4, -0.2) is 31.9 Å². The molecule has 1 N–H and O–H groups in total. The molecule has 1 unspecified atom stereocenters. The van der Waals surface area contributed by atoms with Gasteiger partial charge in [-0.25, -0.2) is 0 Å². The fourth-order valence-electron chi connectivity index (χ4n) is 4.04. The number of aromatic nitrogens is 2. The Morgan fingerprint density at radius 1 is 1.16 bits per heavy atom. The molecule has 0 radical (unpaired) electrons. The number of benzene rings is 2. The summed E-state index contributed by atoms with van der Waals surface area (Å²) in [7, 11) is 0. The lowest BCUT2D eigenvalue weighted by atomic mass is 9.95. The summed E-state index contributed by atoms with van der Waals surface area (Å²) in [5.41, 5.74) is 2.01. The van der Waals surface area contributed by atoms with E-state index >= 15 is 0 Å². The molecule has 10 nitrogen and oxygen atoms in total. The van der Waals surface area contributed by atoms with Crippen molar-refractivity contribution in [2.45, 2.75) is 30.0 Å². The number of aryl methyl sites for hydroxylation is 2. The molecule has 2 aromatic carbocycles. The average Bonchev–Trinajstić information content (AvgIpc) is 3.62. The van der Waals surface area contributed by atoms with Crippen LogP contribution in [-0.2, 0) is 10.5 Å². The lowest BCUT2D eigenvalue weighted by Gasteiger charge is -2.23. The number of nitro benzene ring substituents is 1. The van der Waals surface area contributed by atoms with Crippen molar-refractivity contribution in [1.82, 2.24) is 10.2 Å². The van der Waals surface area contributed by atoms with Crippen molar-refractivity contribution in [1.29, 1.82) is 0 Å². The van der Waals surface area contributed by atoms with Crippen LogP contribution >= 0.6 is 23.1 Å². The standard InChI is InChI=1S/C26H20N4O6S2/c1-14-6-9-16(10-7-14)13-37-26-28-27-25(38-26)29-21(17-4-3-5-18(12-17)30(34)35)20(23(32)24(29)33)22(31)19-11-8-15(2)36-19/h3-12,21,32H,13H2,1-2H3. The SMILES string of the molecule is Cc1ccc(CSc2nnc(N3C(=O)C(O)=C(C(=O)c4ccc(C)o4)C3c3cccc([N+](=O)[O-])c3)s2)cc1. The Morgan fingerprint density at radius 3 is 2.61 bits per heavy atom. The molecule has 5 rings (SSSR count). The molecule has 38 heavy (non-hydrogen) atoms. The summed E-state index contributed by atoms with van der Waals surface area (Å²) < 4.78 is 6.03. The van der Waals surface area contributed by atoms with E-state index in [1.807, 2.05) is 31.2 Å². The van der Waals surface area contributed by atoms with E-state index in [0.29, 0.717) is 15.9 Å².